The molecule has 1 unspecified atom stereocenters. The fraction of sp³-hybridized carbons (Fsp3) is 0.238. The molecule has 1 aromatic rings. The number of terminal acetylenes is 2. The van der Waals surface area contributed by atoms with E-state index in [4.69, 9.17) is 12.8 Å². The van der Waals surface area contributed by atoms with Crippen molar-refractivity contribution in [2.75, 3.05) is 6.54 Å². The predicted octanol–water partition coefficient (Wildman–Crippen LogP) is 3.07. The van der Waals surface area contributed by atoms with Crippen molar-refractivity contribution in [3.05, 3.63) is 66.3 Å². The Bertz CT molecular complexity index is 895. The van der Waals surface area contributed by atoms with Crippen LogP contribution in [0.15, 0.2) is 55.1 Å². The van der Waals surface area contributed by atoms with Gasteiger partial charge in [-0.15, -0.1) is 25.3 Å². The summed E-state index contributed by atoms with van der Waals surface area (Å²) in [5, 5.41) is 0. The van der Waals surface area contributed by atoms with Crippen molar-refractivity contribution in [1.82, 2.24) is 4.72 Å². The van der Waals surface area contributed by atoms with Crippen molar-refractivity contribution in [3.63, 3.8) is 0 Å². The highest BCUT2D eigenvalue weighted by molar-refractivity contribution is 7.91. The van der Waals surface area contributed by atoms with Gasteiger partial charge in [-0.1, -0.05) is 54.5 Å². The fourth-order valence-electron chi connectivity index (χ4n) is 2.87. The van der Waals surface area contributed by atoms with E-state index in [2.05, 4.69) is 23.1 Å². The highest BCUT2D eigenvalue weighted by atomic mass is 32.2. The lowest BCUT2D eigenvalue weighted by atomic mass is 9.88. The van der Waals surface area contributed by atoms with Crippen LogP contribution < -0.4 is 4.72 Å². The van der Waals surface area contributed by atoms with Gasteiger partial charge in [-0.3, -0.25) is 0 Å². The van der Waals surface area contributed by atoms with Gasteiger partial charge < -0.3 is 0 Å². The molecule has 3 nitrogen and oxygen atoms in total. The van der Waals surface area contributed by atoms with E-state index >= 15 is 0 Å². The Hall–Kier alpha value is -2.53. The number of sulfonamides is 1. The van der Waals surface area contributed by atoms with Gasteiger partial charge in [0.15, 0.2) is 0 Å². The quantitative estimate of drug-likeness (QED) is 0.606. The Balaban J connectivity index is 2.37. The second kappa shape index (κ2) is 8.03. The van der Waals surface area contributed by atoms with E-state index < -0.39 is 14.8 Å². The summed E-state index contributed by atoms with van der Waals surface area (Å²) in [4.78, 5) is 0. The van der Waals surface area contributed by atoms with Crippen LogP contribution in [-0.4, -0.2) is 19.7 Å². The summed E-state index contributed by atoms with van der Waals surface area (Å²) in [7, 11) is -3.68. The largest absolute Gasteiger partial charge is 0.223 e. The molecule has 0 spiro atoms. The lowest BCUT2D eigenvalue weighted by molar-refractivity contribution is 0.543. The van der Waals surface area contributed by atoms with Gasteiger partial charge in [0.25, 0.3) is 0 Å². The number of hydrogen-bond acceptors (Lipinski definition) is 2. The first-order valence-corrected chi connectivity index (χ1v) is 9.42. The molecule has 1 aromatic carbocycles. The molecule has 128 valence electrons. The molecule has 1 atom stereocenters. The maximum Gasteiger partial charge on any atom is 0.223 e. The molecule has 0 aliphatic heterocycles. The summed E-state index contributed by atoms with van der Waals surface area (Å²) in [5.74, 6) is 4.77. The van der Waals surface area contributed by atoms with Gasteiger partial charge in [-0.25, -0.2) is 13.1 Å². The second-order valence-electron chi connectivity index (χ2n) is 5.82. The Morgan fingerprint density at radius 3 is 2.64 bits per heavy atom. The first-order valence-electron chi connectivity index (χ1n) is 7.94. The molecule has 0 fully saturated rings. The number of rotatable bonds is 7. The van der Waals surface area contributed by atoms with Crippen LogP contribution in [0.2, 0.25) is 0 Å². The van der Waals surface area contributed by atoms with Gasteiger partial charge in [0.2, 0.25) is 10.0 Å². The Labute approximate surface area is 150 Å². The maximum atomic E-state index is 12.7. The average molecular weight is 351 g/mol. The van der Waals surface area contributed by atoms with E-state index in [0.29, 0.717) is 6.42 Å². The van der Waals surface area contributed by atoms with Crippen LogP contribution >= 0.6 is 0 Å². The Kier molecular flexibility index (Phi) is 6.04. The molecule has 0 amide bonds. The summed E-state index contributed by atoms with van der Waals surface area (Å²) in [5.41, 5.74) is 3.20. The summed E-state index contributed by atoms with van der Waals surface area (Å²) in [6.45, 7) is 3.73. The van der Waals surface area contributed by atoms with Crippen LogP contribution in [0.5, 0.6) is 0 Å². The Morgan fingerprint density at radius 1 is 1.28 bits per heavy atom. The van der Waals surface area contributed by atoms with E-state index in [1.165, 1.54) is 0 Å². The molecule has 0 aromatic heterocycles. The smallest absolute Gasteiger partial charge is 0.211 e. The fourth-order valence-corrected chi connectivity index (χ4v) is 4.26. The zero-order chi connectivity index (χ0) is 18.3. The molecule has 0 saturated carbocycles. The second-order valence-corrected chi connectivity index (χ2v) is 7.93. The van der Waals surface area contributed by atoms with Gasteiger partial charge in [0.05, 0.1) is 6.54 Å². The molecule has 1 aliphatic carbocycles. The van der Waals surface area contributed by atoms with Crippen molar-refractivity contribution in [2.24, 2.45) is 0 Å². The lowest BCUT2D eigenvalue weighted by Crippen LogP contribution is -2.45. The molecule has 0 radical (unpaired) electrons. The van der Waals surface area contributed by atoms with Crippen LogP contribution in [0.25, 0.3) is 5.57 Å². The van der Waals surface area contributed by atoms with Crippen LogP contribution in [-0.2, 0) is 16.4 Å². The van der Waals surface area contributed by atoms with E-state index in [1.54, 1.807) is 6.08 Å². The van der Waals surface area contributed by atoms with Crippen LogP contribution in [0.4, 0.5) is 0 Å². The van der Waals surface area contributed by atoms with Gasteiger partial charge in [0.1, 0.15) is 4.75 Å². The summed E-state index contributed by atoms with van der Waals surface area (Å²) >= 11 is 0. The summed E-state index contributed by atoms with van der Waals surface area (Å²) in [6.07, 6.45) is 19.0. The molecule has 2 rings (SSSR count). The monoisotopic (exact) mass is 351 g/mol. The Morgan fingerprint density at radius 2 is 2.04 bits per heavy atom. The van der Waals surface area contributed by atoms with Crippen LogP contribution in [0.1, 0.15) is 24.0 Å². The third kappa shape index (κ3) is 3.94. The molecule has 1 aliphatic rings. The van der Waals surface area contributed by atoms with Crippen molar-refractivity contribution in [3.8, 4) is 24.7 Å². The highest BCUT2D eigenvalue weighted by Crippen LogP contribution is 2.35. The third-order valence-electron chi connectivity index (χ3n) is 4.23. The van der Waals surface area contributed by atoms with Gasteiger partial charge in [-0.05, 0) is 29.5 Å². The molecule has 1 N–H and O–H groups in total. The number of allylic oxidation sites excluding steroid dienone is 4. The number of hydrogen-bond donors (Lipinski definition) is 1. The van der Waals surface area contributed by atoms with Gasteiger partial charge >= 0.3 is 0 Å². The van der Waals surface area contributed by atoms with Crippen molar-refractivity contribution in [2.45, 2.75) is 24.0 Å². The van der Waals surface area contributed by atoms with E-state index in [9.17, 15) is 8.42 Å². The highest BCUT2D eigenvalue weighted by Gasteiger charge is 2.41. The van der Waals surface area contributed by atoms with Crippen molar-refractivity contribution >= 4 is 15.6 Å². The average Bonchev–Trinajstić information content (AvgIpc) is 2.62. The molecular formula is C21H21NO2S. The first kappa shape index (κ1) is 18.8. The van der Waals surface area contributed by atoms with Crippen molar-refractivity contribution < 1.29 is 8.42 Å². The molecule has 4 heteroatoms. The zero-order valence-electron chi connectivity index (χ0n) is 14.0. The summed E-state index contributed by atoms with van der Waals surface area (Å²) < 4.78 is 26.6. The minimum absolute atomic E-state index is 0.0543. The minimum atomic E-state index is -3.68. The lowest BCUT2D eigenvalue weighted by Gasteiger charge is -2.30. The van der Waals surface area contributed by atoms with Gasteiger partial charge in [0, 0.05) is 6.42 Å². The van der Waals surface area contributed by atoms with Crippen LogP contribution in [0.3, 0.4) is 0 Å². The zero-order valence-corrected chi connectivity index (χ0v) is 14.9. The van der Waals surface area contributed by atoms with Crippen molar-refractivity contribution in [1.29, 1.82) is 0 Å². The molecular weight excluding hydrogens is 330 g/mol. The minimum Gasteiger partial charge on any atom is -0.211 e. The standard InChI is InChI=1S/C21H21NO2S/c1-4-9-18-10-7-8-11-20(18)19-12-15-21(14-5-2,16-13-19)25(23,24)22-17-6-3/h2-4,7-8,10-13,15,22H,1,9,14,16-17H2. The topological polar surface area (TPSA) is 46.2 Å². The molecule has 0 saturated heterocycles. The molecule has 0 heterocycles. The summed E-state index contributed by atoms with van der Waals surface area (Å²) in [6, 6.07) is 8.01. The SMILES string of the molecule is C#CCNS(=O)(=O)C1(CC#C)C=CC(c2ccccc2CC=C)=CC1. The number of nitrogens with one attached hydrogen (secondary N) is 1. The van der Waals surface area contributed by atoms with Gasteiger partial charge in [-0.2, -0.15) is 0 Å². The van der Waals surface area contributed by atoms with E-state index in [-0.39, 0.29) is 13.0 Å². The van der Waals surface area contributed by atoms with E-state index in [0.717, 1.165) is 23.1 Å². The normalized spacial score (nSPS) is 19.5. The third-order valence-corrected chi connectivity index (χ3v) is 6.27. The van der Waals surface area contributed by atoms with Crippen LogP contribution in [0, 0.1) is 24.7 Å². The molecule has 25 heavy (non-hydrogen) atoms. The maximum absolute atomic E-state index is 12.7. The number of benzene rings is 1. The first-order chi connectivity index (χ1) is 12.0. The van der Waals surface area contributed by atoms with E-state index in [1.807, 2.05) is 42.5 Å². The predicted molar refractivity (Wildman–Crippen MR) is 104 cm³/mol. The molecule has 0 bridgehead atoms.